The van der Waals surface area contributed by atoms with E-state index in [1.54, 1.807) is 26.8 Å². The summed E-state index contributed by atoms with van der Waals surface area (Å²) in [5.74, 6) is 0.0181. The van der Waals surface area contributed by atoms with Crippen LogP contribution in [0.2, 0.25) is 0 Å². The smallest absolute Gasteiger partial charge is 0.249 e. The van der Waals surface area contributed by atoms with Crippen molar-refractivity contribution < 1.29 is 14.1 Å². The van der Waals surface area contributed by atoms with Crippen LogP contribution in [0.15, 0.2) is 89.5 Å². The second-order valence-electron chi connectivity index (χ2n) is 10.0. The summed E-state index contributed by atoms with van der Waals surface area (Å²) < 4.78 is 5.41. The number of carbonyl (C=O) groups excluding carboxylic acids is 2. The molecule has 0 saturated carbocycles. The predicted molar refractivity (Wildman–Crippen MR) is 147 cm³/mol. The Hall–Kier alpha value is -4.30. The first-order valence-electron chi connectivity index (χ1n) is 12.6. The highest BCUT2D eigenvalue weighted by Crippen LogP contribution is 2.19. The summed E-state index contributed by atoms with van der Waals surface area (Å²) in [5.41, 5.74) is 7.24. The molecular formula is C30H33N5O3. The van der Waals surface area contributed by atoms with Crippen molar-refractivity contribution in [3.63, 3.8) is 0 Å². The first-order chi connectivity index (χ1) is 18.2. The summed E-state index contributed by atoms with van der Waals surface area (Å²) in [4.78, 5) is 30.8. The number of nitrogens with zero attached hydrogens (tertiary/aromatic N) is 2. The Bertz CT molecular complexity index is 1420. The predicted octanol–water partition coefficient (Wildman–Crippen LogP) is 3.95. The molecule has 38 heavy (non-hydrogen) atoms. The normalized spacial score (nSPS) is 13.4. The van der Waals surface area contributed by atoms with Gasteiger partial charge in [0.15, 0.2) is 5.82 Å². The van der Waals surface area contributed by atoms with Crippen molar-refractivity contribution in [2.75, 3.05) is 0 Å². The highest BCUT2D eigenvalue weighted by molar-refractivity contribution is 5.93. The lowest BCUT2D eigenvalue weighted by atomic mass is 10.00. The number of nitrogens with one attached hydrogen (secondary N) is 2. The van der Waals surface area contributed by atoms with Crippen LogP contribution in [0.5, 0.6) is 0 Å². The lowest BCUT2D eigenvalue weighted by Gasteiger charge is -2.22. The Morgan fingerprint density at radius 1 is 0.947 bits per heavy atom. The molecule has 0 fully saturated rings. The van der Waals surface area contributed by atoms with E-state index in [2.05, 4.69) is 20.8 Å². The van der Waals surface area contributed by atoms with E-state index in [-0.39, 0.29) is 5.91 Å². The van der Waals surface area contributed by atoms with Gasteiger partial charge in [0, 0.05) is 24.5 Å². The molecule has 1 heterocycles. The summed E-state index contributed by atoms with van der Waals surface area (Å²) in [5, 5.41) is 11.9. The molecule has 196 valence electrons. The van der Waals surface area contributed by atoms with Crippen LogP contribution in [0.25, 0.3) is 10.8 Å². The molecule has 4 rings (SSSR count). The molecule has 4 aromatic rings. The molecule has 8 heteroatoms. The summed E-state index contributed by atoms with van der Waals surface area (Å²) in [7, 11) is 0. The van der Waals surface area contributed by atoms with Crippen molar-refractivity contribution in [1.82, 2.24) is 20.8 Å². The maximum atomic E-state index is 13.7. The van der Waals surface area contributed by atoms with E-state index in [0.717, 1.165) is 21.9 Å². The van der Waals surface area contributed by atoms with Crippen LogP contribution in [0.3, 0.4) is 0 Å². The standard InChI is InChI=1S/C30H33N5O3/c1-20-32-29(38-35-20)26(18-21-9-5-4-6-10-21)34-28(37)25(33-27(36)15-16-30(2,3)31)19-22-13-14-23-11-7-8-12-24(23)17-22/h4-17,25-26H,18-19,31H2,1-3H3,(H,33,36)(H,34,37)/b16-15+. The molecule has 0 radical (unpaired) electrons. The molecule has 0 spiro atoms. The van der Waals surface area contributed by atoms with Crippen molar-refractivity contribution in [2.45, 2.75) is 51.2 Å². The van der Waals surface area contributed by atoms with E-state index in [4.69, 9.17) is 10.3 Å². The van der Waals surface area contributed by atoms with Gasteiger partial charge in [-0.05, 0) is 42.7 Å². The van der Waals surface area contributed by atoms with Crippen molar-refractivity contribution in [3.8, 4) is 0 Å². The average molecular weight is 512 g/mol. The minimum Gasteiger partial charge on any atom is -0.342 e. The number of hydrogen-bond donors (Lipinski definition) is 3. The van der Waals surface area contributed by atoms with Crippen LogP contribution >= 0.6 is 0 Å². The first-order valence-corrected chi connectivity index (χ1v) is 12.6. The maximum absolute atomic E-state index is 13.7. The second kappa shape index (κ2) is 11.8. The maximum Gasteiger partial charge on any atom is 0.249 e. The highest BCUT2D eigenvalue weighted by Gasteiger charge is 2.27. The van der Waals surface area contributed by atoms with Crippen molar-refractivity contribution in [3.05, 3.63) is 108 Å². The van der Waals surface area contributed by atoms with Gasteiger partial charge in [0.25, 0.3) is 0 Å². The molecule has 2 unspecified atom stereocenters. The third-order valence-electron chi connectivity index (χ3n) is 5.99. The number of aryl methyl sites for hydroxylation is 1. The van der Waals surface area contributed by atoms with Crippen LogP contribution in [-0.4, -0.2) is 33.5 Å². The van der Waals surface area contributed by atoms with Crippen LogP contribution in [0, 0.1) is 6.92 Å². The van der Waals surface area contributed by atoms with E-state index >= 15 is 0 Å². The van der Waals surface area contributed by atoms with Crippen LogP contribution < -0.4 is 16.4 Å². The van der Waals surface area contributed by atoms with Gasteiger partial charge in [0.2, 0.25) is 17.7 Å². The molecule has 8 nitrogen and oxygen atoms in total. The third kappa shape index (κ3) is 7.60. The largest absolute Gasteiger partial charge is 0.342 e. The van der Waals surface area contributed by atoms with E-state index in [1.807, 2.05) is 72.8 Å². The number of fused-ring (bicyclic) bond motifs is 1. The van der Waals surface area contributed by atoms with Crippen molar-refractivity contribution in [1.29, 1.82) is 0 Å². The minimum absolute atomic E-state index is 0.295. The number of amides is 2. The van der Waals surface area contributed by atoms with Gasteiger partial charge in [-0.3, -0.25) is 9.59 Å². The Balaban J connectivity index is 1.59. The summed E-state index contributed by atoms with van der Waals surface area (Å²) >= 11 is 0. The van der Waals surface area contributed by atoms with Gasteiger partial charge < -0.3 is 20.9 Å². The monoisotopic (exact) mass is 511 g/mol. The molecule has 2 atom stereocenters. The number of aromatic nitrogens is 2. The van der Waals surface area contributed by atoms with E-state index in [0.29, 0.717) is 24.6 Å². The molecule has 0 bridgehead atoms. The number of hydrogen-bond acceptors (Lipinski definition) is 6. The fourth-order valence-corrected chi connectivity index (χ4v) is 4.10. The third-order valence-corrected chi connectivity index (χ3v) is 5.99. The number of nitrogens with two attached hydrogens (primary N) is 1. The Morgan fingerprint density at radius 2 is 1.66 bits per heavy atom. The first kappa shape index (κ1) is 26.8. The van der Waals surface area contributed by atoms with Gasteiger partial charge in [-0.1, -0.05) is 84.0 Å². The number of carbonyl (C=O) groups is 2. The summed E-state index contributed by atoms with van der Waals surface area (Å²) in [6.45, 7) is 5.30. The Labute approximate surface area is 222 Å². The highest BCUT2D eigenvalue weighted by atomic mass is 16.5. The van der Waals surface area contributed by atoms with Gasteiger partial charge >= 0.3 is 0 Å². The Kier molecular flexibility index (Phi) is 8.33. The molecule has 2 amide bonds. The van der Waals surface area contributed by atoms with E-state index in [1.165, 1.54) is 6.08 Å². The molecule has 0 aliphatic carbocycles. The number of rotatable bonds is 10. The zero-order chi connectivity index (χ0) is 27.1. The van der Waals surface area contributed by atoms with Gasteiger partial charge in [0.05, 0.1) is 0 Å². The SMILES string of the molecule is Cc1noc(C(Cc2ccccc2)NC(=O)C(Cc2ccc3ccccc3c2)NC(=O)/C=C/C(C)(C)N)n1. The van der Waals surface area contributed by atoms with Gasteiger partial charge in [-0.25, -0.2) is 0 Å². The lowest BCUT2D eigenvalue weighted by molar-refractivity contribution is -0.127. The molecule has 0 saturated heterocycles. The van der Waals surface area contributed by atoms with Crippen LogP contribution in [0.4, 0.5) is 0 Å². The summed E-state index contributed by atoms with van der Waals surface area (Å²) in [6, 6.07) is 22.3. The fraction of sp³-hybridized carbons (Fsp3) is 0.267. The van der Waals surface area contributed by atoms with Crippen molar-refractivity contribution in [2.24, 2.45) is 5.73 Å². The molecule has 1 aromatic heterocycles. The zero-order valence-corrected chi connectivity index (χ0v) is 21.8. The average Bonchev–Trinajstić information content (AvgIpc) is 3.33. The quantitative estimate of drug-likeness (QED) is 0.277. The van der Waals surface area contributed by atoms with Crippen LogP contribution in [-0.2, 0) is 22.4 Å². The van der Waals surface area contributed by atoms with Crippen LogP contribution in [0.1, 0.15) is 42.7 Å². The zero-order valence-electron chi connectivity index (χ0n) is 21.8. The number of benzene rings is 3. The van der Waals surface area contributed by atoms with Gasteiger partial charge in [0.1, 0.15) is 12.1 Å². The second-order valence-corrected chi connectivity index (χ2v) is 10.0. The lowest BCUT2D eigenvalue weighted by Crippen LogP contribution is -2.49. The minimum atomic E-state index is -0.850. The molecular weight excluding hydrogens is 478 g/mol. The van der Waals surface area contributed by atoms with Crippen molar-refractivity contribution >= 4 is 22.6 Å². The van der Waals surface area contributed by atoms with E-state index < -0.39 is 23.5 Å². The van der Waals surface area contributed by atoms with Gasteiger partial charge in [-0.2, -0.15) is 4.98 Å². The molecule has 4 N–H and O–H groups in total. The Morgan fingerprint density at radius 3 is 2.34 bits per heavy atom. The molecule has 0 aliphatic heterocycles. The summed E-state index contributed by atoms with van der Waals surface area (Å²) in [6.07, 6.45) is 3.71. The topological polar surface area (TPSA) is 123 Å². The fourth-order valence-electron chi connectivity index (χ4n) is 4.10. The molecule has 0 aliphatic rings. The molecule has 3 aromatic carbocycles. The van der Waals surface area contributed by atoms with Gasteiger partial charge in [-0.15, -0.1) is 0 Å². The van der Waals surface area contributed by atoms with E-state index in [9.17, 15) is 9.59 Å².